The Morgan fingerprint density at radius 1 is 0.889 bits per heavy atom. The molecule has 36 heavy (non-hydrogen) atoms. The highest BCUT2D eigenvalue weighted by atomic mass is 19.2. The molecule has 4 aromatic rings. The van der Waals surface area contributed by atoms with E-state index in [1.165, 1.54) is 0 Å². The summed E-state index contributed by atoms with van der Waals surface area (Å²) in [6.45, 7) is -0.357. The number of halogens is 5. The van der Waals surface area contributed by atoms with Crippen LogP contribution in [-0.2, 0) is 16.3 Å². The molecule has 0 atom stereocenters. The first kappa shape index (κ1) is 22.9. The SMILES string of the molecule is Nc1ncnc2c1c(-c1ccc(Oc3c(F)c(F)cc(F)c3F)cc1F)nn2CN1C(=O)C=CC1=O. The molecule has 2 amide bonds. The van der Waals surface area contributed by atoms with E-state index in [9.17, 15) is 27.2 Å². The van der Waals surface area contributed by atoms with Crippen molar-refractivity contribution in [2.75, 3.05) is 5.73 Å². The average Bonchev–Trinajstić information content (AvgIpc) is 3.36. The summed E-state index contributed by atoms with van der Waals surface area (Å²) in [6, 6.07) is 2.90. The summed E-state index contributed by atoms with van der Waals surface area (Å²) in [5, 5.41) is 4.34. The van der Waals surface area contributed by atoms with E-state index < -0.39 is 52.4 Å². The molecule has 0 spiro atoms. The summed E-state index contributed by atoms with van der Waals surface area (Å²) >= 11 is 0. The van der Waals surface area contributed by atoms with Gasteiger partial charge in [-0.15, -0.1) is 0 Å². The van der Waals surface area contributed by atoms with Crippen molar-refractivity contribution in [2.45, 2.75) is 6.67 Å². The van der Waals surface area contributed by atoms with E-state index in [0.717, 1.165) is 40.2 Å². The third-order valence-electron chi connectivity index (χ3n) is 5.22. The van der Waals surface area contributed by atoms with Crippen LogP contribution in [0.1, 0.15) is 0 Å². The molecule has 2 aromatic carbocycles. The van der Waals surface area contributed by atoms with Gasteiger partial charge in [0.1, 0.15) is 36.1 Å². The van der Waals surface area contributed by atoms with E-state index in [1.54, 1.807) is 0 Å². The highest BCUT2D eigenvalue weighted by molar-refractivity contribution is 6.12. The minimum atomic E-state index is -1.80. The first-order chi connectivity index (χ1) is 17.2. The number of rotatable bonds is 5. The fourth-order valence-electron chi connectivity index (χ4n) is 3.53. The van der Waals surface area contributed by atoms with E-state index in [1.807, 2.05) is 0 Å². The van der Waals surface area contributed by atoms with E-state index in [2.05, 4.69) is 15.1 Å². The maximum atomic E-state index is 15.1. The monoisotopic (exact) mass is 502 g/mol. The van der Waals surface area contributed by atoms with Crippen molar-refractivity contribution >= 4 is 28.7 Å². The fourth-order valence-corrected chi connectivity index (χ4v) is 3.53. The lowest BCUT2D eigenvalue weighted by atomic mass is 10.1. The third kappa shape index (κ3) is 3.68. The number of anilines is 1. The van der Waals surface area contributed by atoms with Gasteiger partial charge in [-0.2, -0.15) is 13.9 Å². The van der Waals surface area contributed by atoms with Gasteiger partial charge in [-0.1, -0.05) is 0 Å². The lowest BCUT2D eigenvalue weighted by Gasteiger charge is -2.13. The lowest BCUT2D eigenvalue weighted by molar-refractivity contribution is -0.138. The number of carbonyl (C=O) groups is 2. The van der Waals surface area contributed by atoms with Crippen LogP contribution in [0.15, 0.2) is 42.7 Å². The number of imide groups is 1. The van der Waals surface area contributed by atoms with Crippen molar-refractivity contribution in [3.05, 3.63) is 71.8 Å². The number of hydrogen-bond acceptors (Lipinski definition) is 7. The molecule has 5 rings (SSSR count). The predicted molar refractivity (Wildman–Crippen MR) is 112 cm³/mol. The van der Waals surface area contributed by atoms with E-state index >= 15 is 4.39 Å². The normalized spacial score (nSPS) is 13.3. The topological polar surface area (TPSA) is 116 Å². The summed E-state index contributed by atoms with van der Waals surface area (Å²) in [7, 11) is 0. The van der Waals surface area contributed by atoms with Crippen LogP contribution in [-0.4, -0.2) is 36.5 Å². The molecule has 182 valence electrons. The highest BCUT2D eigenvalue weighted by Crippen LogP contribution is 2.36. The van der Waals surface area contributed by atoms with Crippen LogP contribution in [0.25, 0.3) is 22.3 Å². The van der Waals surface area contributed by atoms with Gasteiger partial charge in [-0.05, 0) is 12.1 Å². The van der Waals surface area contributed by atoms with Crippen LogP contribution < -0.4 is 10.5 Å². The Balaban J connectivity index is 1.55. The molecular formula is C22H11F5N6O3. The van der Waals surface area contributed by atoms with Crippen LogP contribution in [0.4, 0.5) is 27.8 Å². The van der Waals surface area contributed by atoms with Gasteiger partial charge in [-0.25, -0.2) is 27.8 Å². The number of amides is 2. The van der Waals surface area contributed by atoms with Gasteiger partial charge in [0, 0.05) is 29.8 Å². The zero-order valence-corrected chi connectivity index (χ0v) is 17.7. The van der Waals surface area contributed by atoms with Crippen molar-refractivity contribution in [1.82, 2.24) is 24.6 Å². The van der Waals surface area contributed by atoms with Gasteiger partial charge in [0.05, 0.1) is 5.39 Å². The molecule has 0 unspecified atom stereocenters. The quantitative estimate of drug-likeness (QED) is 0.253. The van der Waals surface area contributed by atoms with E-state index in [-0.39, 0.29) is 40.8 Å². The Morgan fingerprint density at radius 3 is 2.19 bits per heavy atom. The van der Waals surface area contributed by atoms with Gasteiger partial charge in [-0.3, -0.25) is 14.5 Å². The summed E-state index contributed by atoms with van der Waals surface area (Å²) in [5.74, 6) is -11.1. The molecule has 0 bridgehead atoms. The van der Waals surface area contributed by atoms with E-state index in [4.69, 9.17) is 10.5 Å². The van der Waals surface area contributed by atoms with Gasteiger partial charge in [0.25, 0.3) is 11.8 Å². The Kier molecular flexibility index (Phi) is 5.35. The first-order valence-electron chi connectivity index (χ1n) is 9.97. The number of carbonyl (C=O) groups excluding carboxylic acids is 2. The number of nitrogen functional groups attached to an aromatic ring is 1. The van der Waals surface area contributed by atoms with Crippen LogP contribution in [0, 0.1) is 29.1 Å². The molecule has 0 radical (unpaired) electrons. The molecule has 1 aliphatic rings. The molecule has 0 aliphatic carbocycles. The Morgan fingerprint density at radius 2 is 1.56 bits per heavy atom. The Bertz CT molecular complexity index is 1580. The maximum absolute atomic E-state index is 15.1. The smallest absolute Gasteiger partial charge is 0.255 e. The summed E-state index contributed by atoms with van der Waals surface area (Å²) in [5.41, 5.74) is 5.78. The number of hydrogen-bond donors (Lipinski definition) is 1. The van der Waals surface area contributed by atoms with E-state index in [0.29, 0.717) is 6.07 Å². The first-order valence-corrected chi connectivity index (χ1v) is 9.97. The number of ether oxygens (including phenoxy) is 1. The van der Waals surface area contributed by atoms with Gasteiger partial charge in [0.15, 0.2) is 17.3 Å². The molecule has 0 saturated carbocycles. The minimum absolute atomic E-state index is 0.00839. The molecule has 2 N–H and O–H groups in total. The van der Waals surface area contributed by atoms with Crippen molar-refractivity contribution in [3.8, 4) is 22.8 Å². The zero-order chi connectivity index (χ0) is 25.7. The molecule has 2 aromatic heterocycles. The second-order valence-electron chi connectivity index (χ2n) is 7.43. The van der Waals surface area contributed by atoms with Crippen LogP contribution >= 0.6 is 0 Å². The predicted octanol–water partition coefficient (Wildman–Crippen LogP) is 3.45. The summed E-state index contributed by atoms with van der Waals surface area (Å²) < 4.78 is 75.9. The Labute approximate surface area is 197 Å². The minimum Gasteiger partial charge on any atom is -0.451 e. The molecular weight excluding hydrogens is 491 g/mol. The standard InChI is InChI=1S/C22H11F5N6O3/c23-11-5-9(36-20-17(26)12(24)6-13(25)18(20)27)1-2-10(11)19-16-21(28)29-7-30-22(16)33(31-19)8-32-14(34)3-4-15(32)35/h1-7H,8H2,(H2,28,29,30). The van der Waals surface area contributed by atoms with Gasteiger partial charge >= 0.3 is 0 Å². The second-order valence-corrected chi connectivity index (χ2v) is 7.43. The third-order valence-corrected chi connectivity index (χ3v) is 5.22. The molecule has 0 saturated heterocycles. The maximum Gasteiger partial charge on any atom is 0.255 e. The zero-order valence-electron chi connectivity index (χ0n) is 17.7. The van der Waals surface area contributed by atoms with Gasteiger partial charge < -0.3 is 10.5 Å². The molecule has 9 nitrogen and oxygen atoms in total. The van der Waals surface area contributed by atoms with Crippen LogP contribution in [0.5, 0.6) is 11.5 Å². The van der Waals surface area contributed by atoms with Gasteiger partial charge in [0.2, 0.25) is 17.4 Å². The molecule has 3 heterocycles. The highest BCUT2D eigenvalue weighted by Gasteiger charge is 2.27. The number of benzene rings is 2. The summed E-state index contributed by atoms with van der Waals surface area (Å²) in [6.07, 6.45) is 3.26. The summed E-state index contributed by atoms with van der Waals surface area (Å²) in [4.78, 5) is 32.7. The van der Waals surface area contributed by atoms with Crippen molar-refractivity contribution in [1.29, 1.82) is 0 Å². The van der Waals surface area contributed by atoms with Crippen LogP contribution in [0.2, 0.25) is 0 Å². The number of aromatic nitrogens is 4. The average molecular weight is 502 g/mol. The fraction of sp³-hybridized carbons (Fsp3) is 0.0455. The number of nitrogens with two attached hydrogens (primary N) is 1. The molecule has 14 heteroatoms. The van der Waals surface area contributed by atoms with Crippen LogP contribution in [0.3, 0.4) is 0 Å². The molecule has 1 aliphatic heterocycles. The number of nitrogens with zero attached hydrogens (tertiary/aromatic N) is 5. The largest absolute Gasteiger partial charge is 0.451 e. The number of fused-ring (bicyclic) bond motifs is 1. The lowest BCUT2D eigenvalue weighted by Crippen LogP contribution is -2.32. The Hall–Kier alpha value is -4.88. The van der Waals surface area contributed by atoms with Crippen molar-refractivity contribution in [3.63, 3.8) is 0 Å². The van der Waals surface area contributed by atoms with Crippen molar-refractivity contribution in [2.24, 2.45) is 0 Å². The second kappa shape index (κ2) is 8.41. The van der Waals surface area contributed by atoms with Crippen molar-refractivity contribution < 1.29 is 36.3 Å². The molecule has 0 fully saturated rings.